The molecule has 0 bridgehead atoms. The van der Waals surface area contributed by atoms with Crippen molar-refractivity contribution in [2.45, 2.75) is 32.2 Å². The van der Waals surface area contributed by atoms with Crippen LogP contribution < -0.4 is 16.0 Å². The lowest BCUT2D eigenvalue weighted by atomic mass is 9.80. The van der Waals surface area contributed by atoms with Gasteiger partial charge in [0.05, 0.1) is 13.2 Å². The third-order valence-electron chi connectivity index (χ3n) is 3.67. The molecule has 0 heterocycles. The molecule has 112 valence electrons. The average Bonchev–Trinajstić information content (AvgIpc) is 2.48. The van der Waals surface area contributed by atoms with Crippen molar-refractivity contribution in [3.05, 3.63) is 65.2 Å². The summed E-state index contributed by atoms with van der Waals surface area (Å²) in [5.74, 6) is 6.68. The maximum atomic E-state index is 5.85. The van der Waals surface area contributed by atoms with Crippen LogP contribution in [0.5, 0.6) is 5.75 Å². The summed E-state index contributed by atoms with van der Waals surface area (Å²) < 4.78 is 5.31. The third-order valence-corrected chi connectivity index (χ3v) is 3.67. The van der Waals surface area contributed by atoms with E-state index in [0.29, 0.717) is 0 Å². The van der Waals surface area contributed by atoms with Crippen LogP contribution in [-0.2, 0) is 5.41 Å². The van der Waals surface area contributed by atoms with E-state index in [2.05, 4.69) is 56.5 Å². The molecule has 0 aliphatic heterocycles. The Morgan fingerprint density at radius 2 is 1.76 bits per heavy atom. The van der Waals surface area contributed by atoms with E-state index in [1.165, 1.54) is 11.1 Å². The lowest BCUT2D eigenvalue weighted by molar-refractivity contribution is 0.413. The van der Waals surface area contributed by atoms with Gasteiger partial charge in [-0.15, -0.1) is 0 Å². The number of nitrogens with one attached hydrogen (secondary N) is 1. The number of methoxy groups -OCH3 is 1. The molecule has 1 unspecified atom stereocenters. The van der Waals surface area contributed by atoms with Gasteiger partial charge in [0.2, 0.25) is 0 Å². The van der Waals surface area contributed by atoms with Crippen molar-refractivity contribution >= 4 is 0 Å². The Bertz CT molecular complexity index is 602. The first-order valence-corrected chi connectivity index (χ1v) is 7.17. The van der Waals surface area contributed by atoms with E-state index < -0.39 is 0 Å². The summed E-state index contributed by atoms with van der Waals surface area (Å²) in [6, 6.07) is 16.4. The van der Waals surface area contributed by atoms with E-state index in [4.69, 9.17) is 10.6 Å². The molecule has 0 radical (unpaired) electrons. The molecular weight excluding hydrogens is 260 g/mol. The summed E-state index contributed by atoms with van der Waals surface area (Å²) in [7, 11) is 1.67. The van der Waals surface area contributed by atoms with Gasteiger partial charge in [0, 0.05) is 0 Å². The van der Waals surface area contributed by atoms with Crippen LogP contribution in [0.15, 0.2) is 48.5 Å². The molecule has 3 N–H and O–H groups in total. The summed E-state index contributed by atoms with van der Waals surface area (Å²) in [5, 5.41) is 0. The fourth-order valence-electron chi connectivity index (χ4n) is 2.62. The van der Waals surface area contributed by atoms with Crippen LogP contribution in [0.4, 0.5) is 0 Å². The summed E-state index contributed by atoms with van der Waals surface area (Å²) >= 11 is 0. The first-order valence-electron chi connectivity index (χ1n) is 7.17. The first-order chi connectivity index (χ1) is 9.97. The number of hydrogen-bond acceptors (Lipinski definition) is 3. The Morgan fingerprint density at radius 3 is 2.38 bits per heavy atom. The standard InChI is InChI=1S/C18H24N2O/c1-18(2,3)16-11-6-5-10-15(16)17(20-19)13-8-7-9-14(12-13)21-4/h5-12,17,20H,19H2,1-4H3. The Morgan fingerprint density at radius 1 is 1.05 bits per heavy atom. The molecule has 0 spiro atoms. The fourth-order valence-corrected chi connectivity index (χ4v) is 2.62. The largest absolute Gasteiger partial charge is 0.497 e. The van der Waals surface area contributed by atoms with Crippen molar-refractivity contribution in [3.63, 3.8) is 0 Å². The summed E-state index contributed by atoms with van der Waals surface area (Å²) in [6.45, 7) is 6.64. The van der Waals surface area contributed by atoms with Gasteiger partial charge in [-0.2, -0.15) is 0 Å². The second-order valence-corrected chi connectivity index (χ2v) is 6.21. The lowest BCUT2D eigenvalue weighted by Crippen LogP contribution is -2.31. The monoisotopic (exact) mass is 284 g/mol. The minimum Gasteiger partial charge on any atom is -0.497 e. The van der Waals surface area contributed by atoms with Crippen molar-refractivity contribution < 1.29 is 4.74 Å². The number of nitrogens with two attached hydrogens (primary N) is 1. The normalized spacial score (nSPS) is 13.0. The van der Waals surface area contributed by atoms with Crippen molar-refractivity contribution in [1.82, 2.24) is 5.43 Å². The quantitative estimate of drug-likeness (QED) is 0.667. The molecule has 3 heteroatoms. The number of hydrogen-bond donors (Lipinski definition) is 2. The second-order valence-electron chi connectivity index (χ2n) is 6.21. The first kappa shape index (κ1) is 15.5. The van der Waals surface area contributed by atoms with Crippen LogP contribution in [-0.4, -0.2) is 7.11 Å². The van der Waals surface area contributed by atoms with E-state index in [0.717, 1.165) is 11.3 Å². The second kappa shape index (κ2) is 6.29. The molecule has 0 fully saturated rings. The highest BCUT2D eigenvalue weighted by Gasteiger charge is 2.23. The minimum absolute atomic E-state index is 0.0597. The van der Waals surface area contributed by atoms with E-state index in [1.807, 2.05) is 18.2 Å². The minimum atomic E-state index is -0.0597. The zero-order valence-electron chi connectivity index (χ0n) is 13.2. The topological polar surface area (TPSA) is 47.3 Å². The predicted octanol–water partition coefficient (Wildman–Crippen LogP) is 3.55. The SMILES string of the molecule is COc1cccc(C(NN)c2ccccc2C(C)(C)C)c1. The molecule has 2 rings (SSSR count). The molecule has 0 saturated carbocycles. The zero-order valence-corrected chi connectivity index (χ0v) is 13.2. The van der Waals surface area contributed by atoms with E-state index in [-0.39, 0.29) is 11.5 Å². The molecule has 2 aromatic rings. The van der Waals surface area contributed by atoms with Gasteiger partial charge < -0.3 is 4.74 Å². The highest BCUT2D eigenvalue weighted by atomic mass is 16.5. The molecule has 3 nitrogen and oxygen atoms in total. The van der Waals surface area contributed by atoms with Crippen molar-refractivity contribution in [1.29, 1.82) is 0 Å². The smallest absolute Gasteiger partial charge is 0.119 e. The van der Waals surface area contributed by atoms with Gasteiger partial charge in [-0.3, -0.25) is 5.84 Å². The number of rotatable bonds is 4. The van der Waals surface area contributed by atoms with Crippen LogP contribution in [0.25, 0.3) is 0 Å². The predicted molar refractivity (Wildman–Crippen MR) is 87.3 cm³/mol. The van der Waals surface area contributed by atoms with Gasteiger partial charge in [0.25, 0.3) is 0 Å². The number of benzene rings is 2. The van der Waals surface area contributed by atoms with Gasteiger partial charge in [-0.25, -0.2) is 5.43 Å². The van der Waals surface area contributed by atoms with Crippen LogP contribution >= 0.6 is 0 Å². The van der Waals surface area contributed by atoms with Crippen LogP contribution in [0, 0.1) is 0 Å². The molecule has 0 amide bonds. The molecule has 2 aromatic carbocycles. The van der Waals surface area contributed by atoms with Gasteiger partial charge in [-0.1, -0.05) is 57.2 Å². The highest BCUT2D eigenvalue weighted by Crippen LogP contribution is 2.33. The molecule has 0 saturated heterocycles. The average molecular weight is 284 g/mol. The zero-order chi connectivity index (χ0) is 15.5. The van der Waals surface area contributed by atoms with Gasteiger partial charge in [-0.05, 0) is 34.2 Å². The summed E-state index contributed by atoms with van der Waals surface area (Å²) in [6.07, 6.45) is 0. The highest BCUT2D eigenvalue weighted by molar-refractivity contribution is 5.42. The number of ether oxygens (including phenoxy) is 1. The van der Waals surface area contributed by atoms with Gasteiger partial charge in [0.15, 0.2) is 0 Å². The van der Waals surface area contributed by atoms with Crippen LogP contribution in [0.3, 0.4) is 0 Å². The van der Waals surface area contributed by atoms with Gasteiger partial charge >= 0.3 is 0 Å². The Hall–Kier alpha value is -1.84. The lowest BCUT2D eigenvalue weighted by Gasteiger charge is -2.27. The van der Waals surface area contributed by atoms with Crippen molar-refractivity contribution in [2.75, 3.05) is 7.11 Å². The van der Waals surface area contributed by atoms with E-state index >= 15 is 0 Å². The van der Waals surface area contributed by atoms with Crippen LogP contribution in [0.2, 0.25) is 0 Å². The Labute approximate surface area is 127 Å². The van der Waals surface area contributed by atoms with Crippen molar-refractivity contribution in [2.24, 2.45) is 5.84 Å². The Kier molecular flexibility index (Phi) is 4.66. The van der Waals surface area contributed by atoms with Crippen LogP contribution in [0.1, 0.15) is 43.5 Å². The summed E-state index contributed by atoms with van der Waals surface area (Å²) in [4.78, 5) is 0. The molecular formula is C18H24N2O. The molecule has 1 atom stereocenters. The fraction of sp³-hybridized carbons (Fsp3) is 0.333. The molecule has 0 aliphatic carbocycles. The van der Waals surface area contributed by atoms with E-state index in [9.17, 15) is 0 Å². The third kappa shape index (κ3) is 3.43. The molecule has 0 aliphatic rings. The van der Waals surface area contributed by atoms with Crippen molar-refractivity contribution in [3.8, 4) is 5.75 Å². The maximum Gasteiger partial charge on any atom is 0.119 e. The maximum absolute atomic E-state index is 5.85. The summed E-state index contributed by atoms with van der Waals surface area (Å²) in [5.41, 5.74) is 6.58. The molecule has 21 heavy (non-hydrogen) atoms. The Balaban J connectivity index is 2.51. The van der Waals surface area contributed by atoms with Gasteiger partial charge in [0.1, 0.15) is 5.75 Å². The van der Waals surface area contributed by atoms with E-state index in [1.54, 1.807) is 7.11 Å². The molecule has 0 aromatic heterocycles. The number of hydrazine groups is 1.